The first-order chi connectivity index (χ1) is 9.57. The highest BCUT2D eigenvalue weighted by Crippen LogP contribution is 2.30. The Kier molecular flexibility index (Phi) is 5.60. The second kappa shape index (κ2) is 7.02. The van der Waals surface area contributed by atoms with E-state index < -0.39 is 10.0 Å². The Hall–Kier alpha value is -0.430. The van der Waals surface area contributed by atoms with Crippen LogP contribution in [0.4, 0.5) is 0 Å². The van der Waals surface area contributed by atoms with Gasteiger partial charge in [-0.3, -0.25) is 0 Å². The number of sulfonamides is 1. The van der Waals surface area contributed by atoms with E-state index in [4.69, 9.17) is 0 Å². The minimum absolute atomic E-state index is 0.00741. The van der Waals surface area contributed by atoms with Crippen molar-refractivity contribution in [3.63, 3.8) is 0 Å². The number of nitrogens with zero attached hydrogens (tertiary/aromatic N) is 1. The molecule has 1 aromatic rings. The van der Waals surface area contributed by atoms with Crippen LogP contribution in [-0.4, -0.2) is 37.0 Å². The maximum atomic E-state index is 12.8. The summed E-state index contributed by atoms with van der Waals surface area (Å²) in [7, 11) is -3.57. The smallest absolute Gasteiger partial charge is 0.244 e. The van der Waals surface area contributed by atoms with Crippen molar-refractivity contribution in [2.45, 2.75) is 43.0 Å². The maximum absolute atomic E-state index is 12.8. The lowest BCUT2D eigenvalue weighted by Gasteiger charge is -2.33. The quantitative estimate of drug-likeness (QED) is 0.876. The van der Waals surface area contributed by atoms with Gasteiger partial charge in [0.2, 0.25) is 10.0 Å². The Labute approximate surface area is 129 Å². The van der Waals surface area contributed by atoms with E-state index in [2.05, 4.69) is 15.9 Å². The first kappa shape index (κ1) is 15.9. The standard InChI is InChI=1S/C14H20BrNO3S/c15-13-8-4-5-9-14(13)20(18,19)16(10-11-17)12-6-2-1-3-7-12/h4-5,8-9,12,17H,1-3,6-7,10-11H2. The van der Waals surface area contributed by atoms with Crippen molar-refractivity contribution in [1.82, 2.24) is 4.31 Å². The summed E-state index contributed by atoms with van der Waals surface area (Å²) in [4.78, 5) is 0.277. The SMILES string of the molecule is O=S(=O)(c1ccccc1Br)N(CCO)C1CCCCC1. The molecule has 1 aromatic carbocycles. The summed E-state index contributed by atoms with van der Waals surface area (Å²) >= 11 is 3.31. The lowest BCUT2D eigenvalue weighted by molar-refractivity contribution is 0.199. The molecule has 0 aliphatic heterocycles. The number of aliphatic hydroxyl groups excluding tert-OH is 1. The van der Waals surface area contributed by atoms with Crippen LogP contribution in [-0.2, 0) is 10.0 Å². The molecule has 6 heteroatoms. The number of rotatable bonds is 5. The lowest BCUT2D eigenvalue weighted by Crippen LogP contribution is -2.43. The van der Waals surface area contributed by atoms with E-state index >= 15 is 0 Å². The Morgan fingerprint density at radius 3 is 2.45 bits per heavy atom. The summed E-state index contributed by atoms with van der Waals surface area (Å²) in [5.41, 5.74) is 0. The Balaban J connectivity index is 2.34. The molecule has 1 aliphatic carbocycles. The third kappa shape index (κ3) is 3.42. The van der Waals surface area contributed by atoms with Gasteiger partial charge in [-0.1, -0.05) is 31.4 Å². The fourth-order valence-electron chi connectivity index (χ4n) is 2.75. The van der Waals surface area contributed by atoms with E-state index in [1.807, 2.05) is 0 Å². The van der Waals surface area contributed by atoms with Gasteiger partial charge in [-0.15, -0.1) is 0 Å². The van der Waals surface area contributed by atoms with Crippen LogP contribution in [0, 0.1) is 0 Å². The van der Waals surface area contributed by atoms with Gasteiger partial charge in [-0.2, -0.15) is 4.31 Å². The molecule has 0 aromatic heterocycles. The van der Waals surface area contributed by atoms with E-state index in [1.165, 1.54) is 10.7 Å². The highest BCUT2D eigenvalue weighted by atomic mass is 79.9. The average molecular weight is 362 g/mol. The highest BCUT2D eigenvalue weighted by Gasteiger charge is 2.32. The minimum Gasteiger partial charge on any atom is -0.395 e. The second-order valence-corrected chi connectivity index (χ2v) is 7.77. The first-order valence-electron chi connectivity index (χ1n) is 6.94. The van der Waals surface area contributed by atoms with Crippen molar-refractivity contribution in [3.8, 4) is 0 Å². The minimum atomic E-state index is -3.57. The van der Waals surface area contributed by atoms with E-state index in [9.17, 15) is 13.5 Å². The van der Waals surface area contributed by atoms with E-state index in [1.54, 1.807) is 24.3 Å². The molecule has 0 radical (unpaired) electrons. The molecule has 1 fully saturated rings. The predicted molar refractivity (Wildman–Crippen MR) is 82.0 cm³/mol. The van der Waals surface area contributed by atoms with E-state index in [0.29, 0.717) is 4.47 Å². The fourth-order valence-corrected chi connectivity index (χ4v) is 5.39. The summed E-state index contributed by atoms with van der Waals surface area (Å²) in [6.45, 7) is 0.00845. The molecule has 0 spiro atoms. The Bertz CT molecular complexity index is 541. The van der Waals surface area contributed by atoms with Gasteiger partial charge in [0.15, 0.2) is 0 Å². The molecule has 112 valence electrons. The number of benzene rings is 1. The van der Waals surface area contributed by atoms with Gasteiger partial charge in [0.05, 0.1) is 11.5 Å². The number of hydrogen-bond acceptors (Lipinski definition) is 3. The molecule has 0 heterocycles. The maximum Gasteiger partial charge on any atom is 0.244 e. The van der Waals surface area contributed by atoms with Crippen LogP contribution >= 0.6 is 15.9 Å². The number of aliphatic hydroxyl groups is 1. The lowest BCUT2D eigenvalue weighted by atomic mass is 9.95. The average Bonchev–Trinajstić information content (AvgIpc) is 2.45. The van der Waals surface area contributed by atoms with Crippen LogP contribution in [0.5, 0.6) is 0 Å². The largest absolute Gasteiger partial charge is 0.395 e. The Morgan fingerprint density at radius 1 is 1.20 bits per heavy atom. The zero-order valence-electron chi connectivity index (χ0n) is 11.3. The van der Waals surface area contributed by atoms with Gasteiger partial charge in [-0.25, -0.2) is 8.42 Å². The van der Waals surface area contributed by atoms with E-state index in [-0.39, 0.29) is 24.1 Å². The molecule has 0 atom stereocenters. The third-order valence-corrected chi connectivity index (χ3v) is 6.69. The molecule has 0 unspecified atom stereocenters. The van der Waals surface area contributed by atoms with Crippen LogP contribution in [0.2, 0.25) is 0 Å². The number of hydrogen-bond donors (Lipinski definition) is 1. The van der Waals surface area contributed by atoms with Gasteiger partial charge in [0, 0.05) is 17.1 Å². The van der Waals surface area contributed by atoms with Crippen LogP contribution in [0.1, 0.15) is 32.1 Å². The second-order valence-electron chi connectivity index (χ2n) is 5.06. The van der Waals surface area contributed by atoms with Crippen molar-refractivity contribution in [3.05, 3.63) is 28.7 Å². The molecule has 4 nitrogen and oxygen atoms in total. The van der Waals surface area contributed by atoms with Crippen molar-refractivity contribution in [1.29, 1.82) is 0 Å². The topological polar surface area (TPSA) is 57.6 Å². The molecule has 0 bridgehead atoms. The fraction of sp³-hybridized carbons (Fsp3) is 0.571. The molecule has 20 heavy (non-hydrogen) atoms. The molecule has 1 aliphatic rings. The number of halogens is 1. The third-order valence-electron chi connectivity index (χ3n) is 3.73. The van der Waals surface area contributed by atoms with Crippen molar-refractivity contribution >= 4 is 26.0 Å². The van der Waals surface area contributed by atoms with Gasteiger partial charge >= 0.3 is 0 Å². The molecular formula is C14H20BrNO3S. The summed E-state index contributed by atoms with van der Waals surface area (Å²) < 4.78 is 27.7. The predicted octanol–water partition coefficient (Wildman–Crippen LogP) is 2.76. The van der Waals surface area contributed by atoms with Gasteiger partial charge in [-0.05, 0) is 40.9 Å². The van der Waals surface area contributed by atoms with Crippen LogP contribution in [0.3, 0.4) is 0 Å². The van der Waals surface area contributed by atoms with Gasteiger partial charge in [0.25, 0.3) is 0 Å². The summed E-state index contributed by atoms with van der Waals surface area (Å²) in [6.07, 6.45) is 5.03. The summed E-state index contributed by atoms with van der Waals surface area (Å²) in [5.74, 6) is 0. The first-order valence-corrected chi connectivity index (χ1v) is 9.18. The van der Waals surface area contributed by atoms with Crippen LogP contribution in [0.25, 0.3) is 0 Å². The zero-order valence-corrected chi connectivity index (χ0v) is 13.7. The van der Waals surface area contributed by atoms with E-state index in [0.717, 1.165) is 25.7 Å². The summed E-state index contributed by atoms with van der Waals surface area (Å²) in [5, 5.41) is 9.23. The van der Waals surface area contributed by atoms with Gasteiger partial charge in [0.1, 0.15) is 0 Å². The van der Waals surface area contributed by atoms with Crippen LogP contribution < -0.4 is 0 Å². The molecule has 2 rings (SSSR count). The zero-order chi connectivity index (χ0) is 14.6. The Morgan fingerprint density at radius 2 is 1.85 bits per heavy atom. The van der Waals surface area contributed by atoms with Crippen molar-refractivity contribution in [2.24, 2.45) is 0 Å². The molecule has 1 N–H and O–H groups in total. The van der Waals surface area contributed by atoms with Crippen molar-refractivity contribution < 1.29 is 13.5 Å². The highest BCUT2D eigenvalue weighted by molar-refractivity contribution is 9.10. The molecule has 1 saturated carbocycles. The van der Waals surface area contributed by atoms with Gasteiger partial charge < -0.3 is 5.11 Å². The molecule has 0 saturated heterocycles. The monoisotopic (exact) mass is 361 g/mol. The molecule has 0 amide bonds. The normalized spacial score (nSPS) is 17.6. The summed E-state index contributed by atoms with van der Waals surface area (Å²) in [6, 6.07) is 6.85. The van der Waals surface area contributed by atoms with Crippen molar-refractivity contribution in [2.75, 3.05) is 13.2 Å². The van der Waals surface area contributed by atoms with Crippen LogP contribution in [0.15, 0.2) is 33.6 Å². The molecular weight excluding hydrogens is 342 g/mol.